The van der Waals surface area contributed by atoms with Crippen LogP contribution in [-0.4, -0.2) is 40.5 Å². The van der Waals surface area contributed by atoms with E-state index in [1.54, 1.807) is 17.9 Å². The lowest BCUT2D eigenvalue weighted by atomic mass is 10.0. The summed E-state index contributed by atoms with van der Waals surface area (Å²) in [6.07, 6.45) is 0.871. The van der Waals surface area contributed by atoms with Crippen LogP contribution >= 0.6 is 0 Å². The normalized spacial score (nSPS) is 22.1. The largest absolute Gasteiger partial charge is 0.494 e. The van der Waals surface area contributed by atoms with Crippen LogP contribution in [-0.2, 0) is 10.3 Å². The molecule has 1 saturated heterocycles. The third-order valence-electron chi connectivity index (χ3n) is 3.67. The number of rotatable bonds is 3. The molecule has 0 amide bonds. The van der Waals surface area contributed by atoms with E-state index >= 15 is 0 Å². The van der Waals surface area contributed by atoms with Crippen molar-refractivity contribution in [3.63, 3.8) is 0 Å². The third kappa shape index (κ3) is 1.90. The summed E-state index contributed by atoms with van der Waals surface area (Å²) in [7, 11) is 1.59. The molecule has 0 bridgehead atoms. The van der Waals surface area contributed by atoms with E-state index in [2.05, 4.69) is 22.4 Å². The molecular formula is C13H17N5O2. The standard InChI is InChI=1S/C13H17N5O2/c1-13(6-7-20-8-13)18-12(15-16-17-18)9-4-3-5-10(14)11(9)19-2/h3-5H,6-8,14H2,1-2H3. The molecule has 1 aromatic carbocycles. The number of aromatic nitrogens is 4. The Morgan fingerprint density at radius 1 is 1.45 bits per heavy atom. The molecule has 106 valence electrons. The number of hydrogen-bond acceptors (Lipinski definition) is 6. The Morgan fingerprint density at radius 3 is 3.00 bits per heavy atom. The van der Waals surface area contributed by atoms with E-state index in [1.165, 1.54) is 0 Å². The zero-order valence-electron chi connectivity index (χ0n) is 11.5. The molecule has 0 saturated carbocycles. The molecule has 1 aliphatic rings. The summed E-state index contributed by atoms with van der Waals surface area (Å²) in [5, 5.41) is 12.1. The summed E-state index contributed by atoms with van der Waals surface area (Å²) in [6.45, 7) is 3.39. The summed E-state index contributed by atoms with van der Waals surface area (Å²) < 4.78 is 12.7. The maximum absolute atomic E-state index is 5.95. The zero-order valence-corrected chi connectivity index (χ0v) is 11.5. The van der Waals surface area contributed by atoms with Gasteiger partial charge in [-0.15, -0.1) is 5.10 Å². The topological polar surface area (TPSA) is 88.1 Å². The highest BCUT2D eigenvalue weighted by molar-refractivity contribution is 5.73. The smallest absolute Gasteiger partial charge is 0.186 e. The van der Waals surface area contributed by atoms with E-state index in [1.807, 2.05) is 12.1 Å². The predicted octanol–water partition coefficient (Wildman–Crippen LogP) is 1.07. The number of benzene rings is 1. The van der Waals surface area contributed by atoms with Crippen LogP contribution in [0.3, 0.4) is 0 Å². The Hall–Kier alpha value is -2.15. The first-order valence-electron chi connectivity index (χ1n) is 6.45. The highest BCUT2D eigenvalue weighted by Gasteiger charge is 2.36. The molecule has 1 unspecified atom stereocenters. The van der Waals surface area contributed by atoms with E-state index in [-0.39, 0.29) is 5.54 Å². The molecule has 2 N–H and O–H groups in total. The summed E-state index contributed by atoms with van der Waals surface area (Å²) >= 11 is 0. The van der Waals surface area contributed by atoms with Gasteiger partial charge >= 0.3 is 0 Å². The zero-order chi connectivity index (χ0) is 14.2. The highest BCUT2D eigenvalue weighted by atomic mass is 16.5. The van der Waals surface area contributed by atoms with Crippen molar-refractivity contribution in [3.05, 3.63) is 18.2 Å². The number of methoxy groups -OCH3 is 1. The maximum Gasteiger partial charge on any atom is 0.186 e. The molecule has 1 atom stereocenters. The number of nitrogens with zero attached hydrogens (tertiary/aromatic N) is 4. The Kier molecular flexibility index (Phi) is 3.06. The summed E-state index contributed by atoms with van der Waals surface area (Å²) in [5.41, 5.74) is 7.05. The van der Waals surface area contributed by atoms with Gasteiger partial charge in [0.25, 0.3) is 0 Å². The van der Waals surface area contributed by atoms with E-state index in [0.29, 0.717) is 30.5 Å². The molecule has 20 heavy (non-hydrogen) atoms. The lowest BCUT2D eigenvalue weighted by Crippen LogP contribution is -2.32. The molecule has 2 aromatic rings. The predicted molar refractivity (Wildman–Crippen MR) is 73.3 cm³/mol. The van der Waals surface area contributed by atoms with Crippen molar-refractivity contribution in [1.29, 1.82) is 0 Å². The lowest BCUT2D eigenvalue weighted by molar-refractivity contribution is 0.155. The van der Waals surface area contributed by atoms with E-state index in [9.17, 15) is 0 Å². The monoisotopic (exact) mass is 275 g/mol. The SMILES string of the molecule is COc1c(N)cccc1-c1nnnn1C1(C)CCOC1. The van der Waals surface area contributed by atoms with Gasteiger partial charge in [0, 0.05) is 6.61 Å². The van der Waals surface area contributed by atoms with E-state index in [4.69, 9.17) is 15.2 Å². The Bertz CT molecular complexity index is 619. The molecule has 7 heteroatoms. The second-order valence-electron chi connectivity index (χ2n) is 5.14. The molecule has 2 heterocycles. The van der Waals surface area contributed by atoms with Gasteiger partial charge in [0.05, 0.1) is 30.5 Å². The first kappa shape index (κ1) is 12.9. The summed E-state index contributed by atoms with van der Waals surface area (Å²) in [5.74, 6) is 1.23. The number of nitrogens with two attached hydrogens (primary N) is 1. The Labute approximate surface area is 116 Å². The summed E-state index contributed by atoms with van der Waals surface area (Å²) in [4.78, 5) is 0. The van der Waals surface area contributed by atoms with Crippen LogP contribution in [0.5, 0.6) is 5.75 Å². The van der Waals surface area contributed by atoms with Crippen LogP contribution in [0.4, 0.5) is 5.69 Å². The van der Waals surface area contributed by atoms with Crippen LogP contribution in [0.1, 0.15) is 13.3 Å². The molecular weight excluding hydrogens is 258 g/mol. The van der Waals surface area contributed by atoms with Crippen molar-refractivity contribution in [2.45, 2.75) is 18.9 Å². The number of para-hydroxylation sites is 1. The van der Waals surface area contributed by atoms with E-state index < -0.39 is 0 Å². The minimum absolute atomic E-state index is 0.242. The van der Waals surface area contributed by atoms with Crippen molar-refractivity contribution in [2.75, 3.05) is 26.1 Å². The van der Waals surface area contributed by atoms with Gasteiger partial charge in [-0.2, -0.15) is 0 Å². The average molecular weight is 275 g/mol. The Balaban J connectivity index is 2.13. The van der Waals surface area contributed by atoms with Gasteiger partial charge in [-0.05, 0) is 35.9 Å². The number of ether oxygens (including phenoxy) is 2. The molecule has 0 aliphatic carbocycles. The number of hydrogen-bond donors (Lipinski definition) is 1. The first-order valence-corrected chi connectivity index (χ1v) is 6.45. The fourth-order valence-corrected chi connectivity index (χ4v) is 2.50. The van der Waals surface area contributed by atoms with Crippen molar-refractivity contribution in [3.8, 4) is 17.1 Å². The second kappa shape index (κ2) is 4.75. The first-order chi connectivity index (χ1) is 9.65. The van der Waals surface area contributed by atoms with Crippen LogP contribution < -0.4 is 10.5 Å². The van der Waals surface area contributed by atoms with Gasteiger partial charge in [0.15, 0.2) is 11.6 Å². The van der Waals surface area contributed by atoms with Crippen LogP contribution in [0, 0.1) is 0 Å². The van der Waals surface area contributed by atoms with Crippen LogP contribution in [0.25, 0.3) is 11.4 Å². The van der Waals surface area contributed by atoms with E-state index in [0.717, 1.165) is 12.0 Å². The molecule has 1 aliphatic heterocycles. The molecule has 0 radical (unpaired) electrons. The summed E-state index contributed by atoms with van der Waals surface area (Å²) in [6, 6.07) is 5.55. The van der Waals surface area contributed by atoms with Gasteiger partial charge in [-0.1, -0.05) is 6.07 Å². The van der Waals surface area contributed by atoms with Crippen LogP contribution in [0.2, 0.25) is 0 Å². The average Bonchev–Trinajstić information content (AvgIpc) is 3.07. The van der Waals surface area contributed by atoms with Crippen molar-refractivity contribution in [2.24, 2.45) is 0 Å². The van der Waals surface area contributed by atoms with Crippen molar-refractivity contribution in [1.82, 2.24) is 20.2 Å². The van der Waals surface area contributed by atoms with Gasteiger partial charge in [-0.3, -0.25) is 0 Å². The maximum atomic E-state index is 5.95. The van der Waals surface area contributed by atoms with Crippen LogP contribution in [0.15, 0.2) is 18.2 Å². The Morgan fingerprint density at radius 2 is 2.30 bits per heavy atom. The number of nitrogen functional groups attached to an aromatic ring is 1. The minimum atomic E-state index is -0.242. The lowest BCUT2D eigenvalue weighted by Gasteiger charge is -2.23. The quantitative estimate of drug-likeness (QED) is 0.843. The molecule has 7 nitrogen and oxygen atoms in total. The minimum Gasteiger partial charge on any atom is -0.494 e. The fourth-order valence-electron chi connectivity index (χ4n) is 2.50. The number of tetrazole rings is 1. The van der Waals surface area contributed by atoms with Crippen molar-refractivity contribution >= 4 is 5.69 Å². The molecule has 0 spiro atoms. The fraction of sp³-hybridized carbons (Fsp3) is 0.462. The third-order valence-corrected chi connectivity index (χ3v) is 3.67. The van der Waals surface area contributed by atoms with Crippen molar-refractivity contribution < 1.29 is 9.47 Å². The highest BCUT2D eigenvalue weighted by Crippen LogP contribution is 2.36. The number of anilines is 1. The van der Waals surface area contributed by atoms with Gasteiger partial charge in [-0.25, -0.2) is 4.68 Å². The molecule has 3 rings (SSSR count). The second-order valence-corrected chi connectivity index (χ2v) is 5.14. The molecule has 1 aromatic heterocycles. The molecule has 1 fully saturated rings. The van der Waals surface area contributed by atoms with Gasteiger partial charge in [0.2, 0.25) is 0 Å². The van der Waals surface area contributed by atoms with Gasteiger partial charge < -0.3 is 15.2 Å². The van der Waals surface area contributed by atoms with Gasteiger partial charge in [0.1, 0.15) is 0 Å².